The van der Waals surface area contributed by atoms with Crippen molar-refractivity contribution in [1.29, 1.82) is 0 Å². The second-order valence-electron chi connectivity index (χ2n) is 8.19. The van der Waals surface area contributed by atoms with Gasteiger partial charge >= 0.3 is 0 Å². The summed E-state index contributed by atoms with van der Waals surface area (Å²) in [7, 11) is 0. The fraction of sp³-hybridized carbons (Fsp3) is 0.357. The number of thioether (sulfide) groups is 2. The summed E-state index contributed by atoms with van der Waals surface area (Å²) >= 11 is 3.18. The highest BCUT2D eigenvalue weighted by Crippen LogP contribution is 2.37. The topological polar surface area (TPSA) is 51.2 Å². The molecule has 0 radical (unpaired) electrons. The van der Waals surface area contributed by atoms with Gasteiger partial charge in [0.2, 0.25) is 5.91 Å². The molecule has 0 fully saturated rings. The molecule has 1 amide bonds. The van der Waals surface area contributed by atoms with Gasteiger partial charge in [-0.1, -0.05) is 69.0 Å². The van der Waals surface area contributed by atoms with E-state index in [2.05, 4.69) is 17.2 Å². The van der Waals surface area contributed by atoms with E-state index in [1.807, 2.05) is 80.1 Å². The van der Waals surface area contributed by atoms with E-state index < -0.39 is 0 Å². The molecule has 0 saturated carbocycles. The first kappa shape index (κ1) is 26.2. The van der Waals surface area contributed by atoms with E-state index in [0.29, 0.717) is 0 Å². The monoisotopic (exact) mass is 494 g/mol. The zero-order valence-corrected chi connectivity index (χ0v) is 22.1. The number of carbonyl (C=O) groups excluding carboxylic acids is 1. The van der Waals surface area contributed by atoms with Crippen LogP contribution < -0.4 is 10.1 Å². The van der Waals surface area contributed by atoms with Gasteiger partial charge in [-0.3, -0.25) is 4.79 Å². The number of benzene rings is 2. The minimum Gasteiger partial charge on any atom is -0.457 e. The second-order valence-corrected chi connectivity index (χ2v) is 9.84. The Hall–Kier alpha value is -2.44. The van der Waals surface area contributed by atoms with Gasteiger partial charge in [0, 0.05) is 16.2 Å². The molecule has 0 saturated heterocycles. The van der Waals surface area contributed by atoms with Crippen LogP contribution in [0.1, 0.15) is 56.2 Å². The molecule has 1 heterocycles. The van der Waals surface area contributed by atoms with Gasteiger partial charge in [0.25, 0.3) is 0 Å². The molecule has 6 heteroatoms. The summed E-state index contributed by atoms with van der Waals surface area (Å²) in [4.78, 5) is 19.5. The zero-order valence-electron chi connectivity index (χ0n) is 20.5. The third-order valence-corrected chi connectivity index (χ3v) is 7.11. The number of pyridine rings is 1. The summed E-state index contributed by atoms with van der Waals surface area (Å²) < 4.78 is 6.22. The molecule has 0 bridgehead atoms. The van der Waals surface area contributed by atoms with Crippen LogP contribution in [-0.4, -0.2) is 23.4 Å². The molecule has 1 N–H and O–H groups in total. The lowest BCUT2D eigenvalue weighted by Crippen LogP contribution is -2.23. The van der Waals surface area contributed by atoms with Gasteiger partial charge in [-0.2, -0.15) is 0 Å². The fourth-order valence-corrected chi connectivity index (χ4v) is 5.23. The van der Waals surface area contributed by atoms with Crippen molar-refractivity contribution in [3.63, 3.8) is 0 Å². The van der Waals surface area contributed by atoms with Crippen LogP contribution in [0.2, 0.25) is 0 Å². The molecule has 1 atom stereocenters. The molecular formula is C28H34N2O2S2. The molecular weight excluding hydrogens is 460 g/mol. The number of aromatic nitrogens is 1. The number of nitrogens with one attached hydrogen (secondary N) is 1. The van der Waals surface area contributed by atoms with Crippen molar-refractivity contribution in [1.82, 2.24) is 4.98 Å². The molecule has 4 nitrogen and oxygen atoms in total. The Bertz CT molecular complexity index is 1050. The third kappa shape index (κ3) is 7.03. The minimum atomic E-state index is -0.317. The Morgan fingerprint density at radius 3 is 2.44 bits per heavy atom. The van der Waals surface area contributed by atoms with Gasteiger partial charge in [-0.25, -0.2) is 4.98 Å². The number of anilines is 1. The maximum absolute atomic E-state index is 13.8. The standard InChI is InChI=1S/C28H34N2O2S2/c1-5-6-7-11-17-23(22-16-12-13-18-24(22)32-21-14-9-8-10-15-21)27(31)30-26-25(33-3)19-20(2)29-28(26)34-4/h8-10,12-16,18-19,23H,5-7,11,17H2,1-4H3,(H,30,31). The Labute approximate surface area is 212 Å². The summed E-state index contributed by atoms with van der Waals surface area (Å²) in [6.45, 7) is 4.18. The molecule has 2 aromatic carbocycles. The minimum absolute atomic E-state index is 0.0168. The molecule has 34 heavy (non-hydrogen) atoms. The van der Waals surface area contributed by atoms with Crippen molar-refractivity contribution in [3.05, 3.63) is 71.9 Å². The van der Waals surface area contributed by atoms with Crippen LogP contribution in [0.25, 0.3) is 0 Å². The molecule has 0 aliphatic heterocycles. The van der Waals surface area contributed by atoms with Crippen LogP contribution in [0.15, 0.2) is 70.6 Å². The van der Waals surface area contributed by atoms with Crippen LogP contribution in [-0.2, 0) is 4.79 Å². The smallest absolute Gasteiger partial charge is 0.232 e. The van der Waals surface area contributed by atoms with Crippen LogP contribution >= 0.6 is 23.5 Å². The lowest BCUT2D eigenvalue weighted by molar-refractivity contribution is -0.117. The van der Waals surface area contributed by atoms with Gasteiger partial charge in [0.05, 0.1) is 11.6 Å². The highest BCUT2D eigenvalue weighted by Gasteiger charge is 2.26. The fourth-order valence-electron chi connectivity index (χ4n) is 3.93. The van der Waals surface area contributed by atoms with E-state index in [-0.39, 0.29) is 11.8 Å². The summed E-state index contributed by atoms with van der Waals surface area (Å²) in [5.41, 5.74) is 2.66. The zero-order chi connectivity index (χ0) is 24.3. The van der Waals surface area contributed by atoms with E-state index >= 15 is 0 Å². The number of unbranched alkanes of at least 4 members (excludes halogenated alkanes) is 3. The normalized spacial score (nSPS) is 11.8. The van der Waals surface area contributed by atoms with Crippen LogP contribution in [0.5, 0.6) is 11.5 Å². The van der Waals surface area contributed by atoms with E-state index in [1.54, 1.807) is 23.5 Å². The molecule has 1 aromatic heterocycles. The maximum Gasteiger partial charge on any atom is 0.232 e. The SMILES string of the molecule is CCCCCCC(C(=O)Nc1c(SC)cc(C)nc1SC)c1ccccc1Oc1ccccc1. The Morgan fingerprint density at radius 2 is 1.74 bits per heavy atom. The first-order valence-corrected chi connectivity index (χ1v) is 14.2. The molecule has 3 aromatic rings. The number of rotatable bonds is 12. The Balaban J connectivity index is 1.94. The molecule has 180 valence electrons. The maximum atomic E-state index is 13.8. The number of para-hydroxylation sites is 2. The van der Waals surface area contributed by atoms with E-state index in [9.17, 15) is 4.79 Å². The van der Waals surface area contributed by atoms with Gasteiger partial charge in [0.15, 0.2) is 0 Å². The van der Waals surface area contributed by atoms with E-state index in [1.165, 1.54) is 6.42 Å². The van der Waals surface area contributed by atoms with Gasteiger partial charge in [0.1, 0.15) is 16.5 Å². The lowest BCUT2D eigenvalue weighted by atomic mass is 9.91. The molecule has 0 aliphatic rings. The quantitative estimate of drug-likeness (QED) is 0.203. The average Bonchev–Trinajstić information content (AvgIpc) is 2.86. The summed E-state index contributed by atoms with van der Waals surface area (Å²) in [5, 5.41) is 4.08. The first-order chi connectivity index (χ1) is 16.6. The predicted molar refractivity (Wildman–Crippen MR) is 146 cm³/mol. The van der Waals surface area contributed by atoms with E-state index in [0.717, 1.165) is 64.0 Å². The van der Waals surface area contributed by atoms with Crippen molar-refractivity contribution in [2.24, 2.45) is 0 Å². The lowest BCUT2D eigenvalue weighted by Gasteiger charge is -2.22. The Morgan fingerprint density at radius 1 is 1.00 bits per heavy atom. The number of ether oxygens (including phenoxy) is 1. The highest BCUT2D eigenvalue weighted by atomic mass is 32.2. The number of amides is 1. The largest absolute Gasteiger partial charge is 0.457 e. The predicted octanol–water partition coefficient (Wildman–Crippen LogP) is 8.32. The molecule has 1 unspecified atom stereocenters. The summed E-state index contributed by atoms with van der Waals surface area (Å²) in [6.07, 6.45) is 9.22. The van der Waals surface area contributed by atoms with E-state index in [4.69, 9.17) is 4.74 Å². The van der Waals surface area contributed by atoms with Crippen LogP contribution in [0.3, 0.4) is 0 Å². The molecule has 3 rings (SSSR count). The number of carbonyl (C=O) groups is 1. The third-order valence-electron chi connectivity index (χ3n) is 5.67. The molecule has 0 aliphatic carbocycles. The number of nitrogens with zero attached hydrogens (tertiary/aromatic N) is 1. The van der Waals surface area contributed by atoms with Crippen molar-refractivity contribution in [2.75, 3.05) is 17.8 Å². The van der Waals surface area contributed by atoms with Crippen LogP contribution in [0.4, 0.5) is 5.69 Å². The summed E-state index contributed by atoms with van der Waals surface area (Å²) in [6, 6.07) is 19.7. The first-order valence-electron chi connectivity index (χ1n) is 11.8. The number of hydrogen-bond donors (Lipinski definition) is 1. The number of aryl methyl sites for hydroxylation is 1. The van der Waals surface area contributed by atoms with Crippen molar-refractivity contribution in [2.45, 2.75) is 61.8 Å². The van der Waals surface area contributed by atoms with Crippen molar-refractivity contribution >= 4 is 35.1 Å². The van der Waals surface area contributed by atoms with Crippen LogP contribution in [0, 0.1) is 6.92 Å². The van der Waals surface area contributed by atoms with Gasteiger partial charge in [-0.15, -0.1) is 23.5 Å². The highest BCUT2D eigenvalue weighted by molar-refractivity contribution is 7.99. The Kier molecular flexibility index (Phi) is 10.4. The number of hydrogen-bond acceptors (Lipinski definition) is 5. The van der Waals surface area contributed by atoms with Crippen molar-refractivity contribution < 1.29 is 9.53 Å². The second kappa shape index (κ2) is 13.4. The van der Waals surface area contributed by atoms with Gasteiger partial charge < -0.3 is 10.1 Å². The van der Waals surface area contributed by atoms with Crippen molar-refractivity contribution in [3.8, 4) is 11.5 Å². The van der Waals surface area contributed by atoms with Gasteiger partial charge in [-0.05, 0) is 50.1 Å². The summed E-state index contributed by atoms with van der Waals surface area (Å²) in [5.74, 6) is 1.15. The average molecular weight is 495 g/mol. The molecule has 0 spiro atoms.